The summed E-state index contributed by atoms with van der Waals surface area (Å²) in [4.78, 5) is 36.3. The van der Waals surface area contributed by atoms with Crippen LogP contribution in [0.5, 0.6) is 0 Å². The predicted molar refractivity (Wildman–Crippen MR) is 91.1 cm³/mol. The van der Waals surface area contributed by atoms with Gasteiger partial charge in [-0.25, -0.2) is 15.0 Å². The van der Waals surface area contributed by atoms with Crippen LogP contribution in [0.4, 0.5) is 5.95 Å². The van der Waals surface area contributed by atoms with Gasteiger partial charge in [0.15, 0.2) is 0 Å². The normalized spacial score (nSPS) is 10.6. The lowest BCUT2D eigenvalue weighted by atomic mass is 10.3. The Kier molecular flexibility index (Phi) is 4.98. The summed E-state index contributed by atoms with van der Waals surface area (Å²) in [5, 5.41) is 2.92. The molecule has 0 bridgehead atoms. The average molecular weight is 339 g/mol. The third-order valence-electron chi connectivity index (χ3n) is 3.49. The lowest BCUT2D eigenvalue weighted by Crippen LogP contribution is -2.19. The van der Waals surface area contributed by atoms with Crippen LogP contribution in [0.3, 0.4) is 0 Å². The predicted octanol–water partition coefficient (Wildman–Crippen LogP) is 1.34. The summed E-state index contributed by atoms with van der Waals surface area (Å²) in [5.41, 5.74) is 1.55. The lowest BCUT2D eigenvalue weighted by Gasteiger charge is -2.08. The highest BCUT2D eigenvalue weighted by atomic mass is 16.5. The molecule has 0 aromatic carbocycles. The van der Waals surface area contributed by atoms with Crippen LogP contribution in [0, 0.1) is 6.92 Å². The molecule has 0 aliphatic heterocycles. The van der Waals surface area contributed by atoms with Crippen LogP contribution in [-0.4, -0.2) is 31.9 Å². The molecule has 8 heteroatoms. The summed E-state index contributed by atoms with van der Waals surface area (Å²) in [7, 11) is 0. The molecular formula is C17H17N5O3. The fraction of sp³-hybridized carbons (Fsp3) is 0.235. The second kappa shape index (κ2) is 7.52. The molecule has 0 radical (unpaired) electrons. The van der Waals surface area contributed by atoms with Crippen molar-refractivity contribution in [2.45, 2.75) is 20.0 Å². The van der Waals surface area contributed by atoms with Gasteiger partial charge in [-0.05, 0) is 25.1 Å². The van der Waals surface area contributed by atoms with E-state index in [9.17, 15) is 9.59 Å². The number of pyridine rings is 1. The van der Waals surface area contributed by atoms with Crippen LogP contribution in [0.1, 0.15) is 17.8 Å². The Morgan fingerprint density at radius 2 is 2.04 bits per heavy atom. The minimum atomic E-state index is -0.394. The molecule has 0 unspecified atom stereocenters. The van der Waals surface area contributed by atoms with E-state index in [0.29, 0.717) is 23.8 Å². The summed E-state index contributed by atoms with van der Waals surface area (Å²) in [6, 6.07) is 8.48. The van der Waals surface area contributed by atoms with Crippen molar-refractivity contribution in [3.05, 3.63) is 64.5 Å². The number of esters is 1. The molecule has 3 heterocycles. The SMILES string of the molecule is Cc1cccc2nc(COC(=O)CCNc3ncccn3)cc(=O)n12. The molecule has 0 saturated heterocycles. The number of rotatable bonds is 6. The van der Waals surface area contributed by atoms with Crippen molar-refractivity contribution in [2.24, 2.45) is 0 Å². The highest BCUT2D eigenvalue weighted by Gasteiger charge is 2.08. The molecule has 128 valence electrons. The summed E-state index contributed by atoms with van der Waals surface area (Å²) in [6.45, 7) is 2.15. The van der Waals surface area contributed by atoms with E-state index in [1.165, 1.54) is 10.5 Å². The highest BCUT2D eigenvalue weighted by Crippen LogP contribution is 2.04. The first kappa shape index (κ1) is 16.6. The second-order valence-corrected chi connectivity index (χ2v) is 5.36. The molecule has 3 aromatic rings. The maximum atomic E-state index is 12.2. The van der Waals surface area contributed by atoms with Crippen LogP contribution in [-0.2, 0) is 16.1 Å². The molecule has 3 aromatic heterocycles. The van der Waals surface area contributed by atoms with Gasteiger partial charge in [0.05, 0.1) is 12.1 Å². The van der Waals surface area contributed by atoms with Crippen LogP contribution in [0.15, 0.2) is 47.5 Å². The molecule has 0 amide bonds. The van der Waals surface area contributed by atoms with Gasteiger partial charge >= 0.3 is 5.97 Å². The van der Waals surface area contributed by atoms with E-state index < -0.39 is 5.97 Å². The Labute approximate surface area is 143 Å². The summed E-state index contributed by atoms with van der Waals surface area (Å²) in [6.07, 6.45) is 3.38. The van der Waals surface area contributed by atoms with Gasteiger partial charge in [-0.3, -0.25) is 14.0 Å². The highest BCUT2D eigenvalue weighted by molar-refractivity contribution is 5.69. The first-order chi connectivity index (χ1) is 12.1. The number of carbonyl (C=O) groups excluding carboxylic acids is 1. The average Bonchev–Trinajstić information content (AvgIpc) is 2.61. The van der Waals surface area contributed by atoms with Gasteiger partial charge < -0.3 is 10.1 Å². The molecule has 25 heavy (non-hydrogen) atoms. The number of aromatic nitrogens is 4. The molecule has 3 rings (SSSR count). The number of hydrogen-bond acceptors (Lipinski definition) is 7. The van der Waals surface area contributed by atoms with Crippen molar-refractivity contribution in [1.82, 2.24) is 19.4 Å². The Bertz CT molecular complexity index is 940. The second-order valence-electron chi connectivity index (χ2n) is 5.36. The van der Waals surface area contributed by atoms with Crippen molar-refractivity contribution < 1.29 is 9.53 Å². The van der Waals surface area contributed by atoms with E-state index in [4.69, 9.17) is 4.74 Å². The van der Waals surface area contributed by atoms with E-state index in [-0.39, 0.29) is 18.6 Å². The fourth-order valence-corrected chi connectivity index (χ4v) is 2.33. The Morgan fingerprint density at radius 1 is 1.24 bits per heavy atom. The van der Waals surface area contributed by atoms with Gasteiger partial charge in [0.1, 0.15) is 12.3 Å². The number of nitrogens with zero attached hydrogens (tertiary/aromatic N) is 4. The van der Waals surface area contributed by atoms with Crippen molar-refractivity contribution in [2.75, 3.05) is 11.9 Å². The zero-order valence-corrected chi connectivity index (χ0v) is 13.7. The van der Waals surface area contributed by atoms with E-state index in [2.05, 4.69) is 20.3 Å². The molecular weight excluding hydrogens is 322 g/mol. The summed E-state index contributed by atoms with van der Waals surface area (Å²) >= 11 is 0. The number of nitrogens with one attached hydrogen (secondary N) is 1. The minimum absolute atomic E-state index is 0.0413. The van der Waals surface area contributed by atoms with Crippen molar-refractivity contribution >= 4 is 17.6 Å². The number of carbonyl (C=O) groups is 1. The molecule has 0 atom stereocenters. The third-order valence-corrected chi connectivity index (χ3v) is 3.49. The van der Waals surface area contributed by atoms with Crippen molar-refractivity contribution in [1.29, 1.82) is 0 Å². The first-order valence-corrected chi connectivity index (χ1v) is 7.78. The molecule has 8 nitrogen and oxygen atoms in total. The Balaban J connectivity index is 1.55. The van der Waals surface area contributed by atoms with Gasteiger partial charge in [0.2, 0.25) is 5.95 Å². The number of anilines is 1. The molecule has 0 spiro atoms. The van der Waals surface area contributed by atoms with Gasteiger partial charge in [0, 0.05) is 30.7 Å². The number of fused-ring (bicyclic) bond motifs is 1. The van der Waals surface area contributed by atoms with E-state index in [0.717, 1.165) is 5.69 Å². The maximum Gasteiger partial charge on any atom is 0.307 e. The molecule has 0 saturated carbocycles. The van der Waals surface area contributed by atoms with Crippen molar-refractivity contribution in [3.63, 3.8) is 0 Å². The zero-order valence-electron chi connectivity index (χ0n) is 13.7. The molecule has 0 fully saturated rings. The molecule has 0 aliphatic carbocycles. The van der Waals surface area contributed by atoms with Crippen LogP contribution >= 0.6 is 0 Å². The standard InChI is InChI=1S/C17H17N5O3/c1-12-4-2-5-14-21-13(10-15(23)22(12)14)11-25-16(24)6-9-20-17-18-7-3-8-19-17/h2-5,7-8,10H,6,9,11H2,1H3,(H,18,19,20). The maximum absolute atomic E-state index is 12.2. The van der Waals surface area contributed by atoms with E-state index in [1.807, 2.05) is 19.1 Å². The Hall–Kier alpha value is -3.29. The quantitative estimate of drug-likeness (QED) is 0.677. The van der Waals surface area contributed by atoms with Crippen molar-refractivity contribution in [3.8, 4) is 0 Å². The number of aryl methyl sites for hydroxylation is 1. The van der Waals surface area contributed by atoms with Gasteiger partial charge in [-0.15, -0.1) is 0 Å². The number of ether oxygens (including phenoxy) is 1. The monoisotopic (exact) mass is 339 g/mol. The first-order valence-electron chi connectivity index (χ1n) is 7.78. The van der Waals surface area contributed by atoms with Crippen LogP contribution in [0.25, 0.3) is 5.65 Å². The van der Waals surface area contributed by atoms with Crippen LogP contribution in [0.2, 0.25) is 0 Å². The summed E-state index contributed by atoms with van der Waals surface area (Å²) in [5.74, 6) is 0.0598. The van der Waals surface area contributed by atoms with E-state index in [1.54, 1.807) is 24.5 Å². The Morgan fingerprint density at radius 3 is 2.84 bits per heavy atom. The zero-order chi connectivity index (χ0) is 17.6. The van der Waals surface area contributed by atoms with Gasteiger partial charge in [-0.1, -0.05) is 6.07 Å². The van der Waals surface area contributed by atoms with Gasteiger partial charge in [0.25, 0.3) is 5.56 Å². The molecule has 1 N–H and O–H groups in total. The topological polar surface area (TPSA) is 98.5 Å². The lowest BCUT2D eigenvalue weighted by molar-refractivity contribution is -0.144. The molecule has 0 aliphatic rings. The van der Waals surface area contributed by atoms with E-state index >= 15 is 0 Å². The largest absolute Gasteiger partial charge is 0.459 e. The number of hydrogen-bond donors (Lipinski definition) is 1. The fourth-order valence-electron chi connectivity index (χ4n) is 2.33. The minimum Gasteiger partial charge on any atom is -0.459 e. The van der Waals surface area contributed by atoms with Crippen LogP contribution < -0.4 is 10.9 Å². The van der Waals surface area contributed by atoms with Gasteiger partial charge in [-0.2, -0.15) is 0 Å². The third kappa shape index (κ3) is 4.17. The summed E-state index contributed by atoms with van der Waals surface area (Å²) < 4.78 is 6.68. The smallest absolute Gasteiger partial charge is 0.307 e.